The van der Waals surface area contributed by atoms with E-state index in [0.29, 0.717) is 5.92 Å². The largest absolute Gasteiger partial charge is 0.444 e. The van der Waals surface area contributed by atoms with Gasteiger partial charge in [-0.2, -0.15) is 0 Å². The summed E-state index contributed by atoms with van der Waals surface area (Å²) in [6.45, 7) is 8.12. The Morgan fingerprint density at radius 3 is 2.75 bits per heavy atom. The highest BCUT2D eigenvalue weighted by atomic mass is 32.1. The molecule has 1 N–H and O–H groups in total. The Labute approximate surface area is 123 Å². The maximum Gasteiger partial charge on any atom is 0.410 e. The van der Waals surface area contributed by atoms with Crippen molar-refractivity contribution in [3.63, 3.8) is 0 Å². The Kier molecular flexibility index (Phi) is 4.80. The van der Waals surface area contributed by atoms with Crippen molar-refractivity contribution in [3.8, 4) is 0 Å². The molecule has 0 saturated carbocycles. The van der Waals surface area contributed by atoms with Crippen LogP contribution in [0.1, 0.15) is 33.6 Å². The SMILES string of the molecule is CC(C)(C)OC(=O)N1CCC(CNc2cnns2)CC1. The van der Waals surface area contributed by atoms with Crippen LogP contribution in [0.3, 0.4) is 0 Å². The lowest BCUT2D eigenvalue weighted by atomic mass is 9.97. The second-order valence-electron chi connectivity index (χ2n) is 6.07. The molecular weight excluding hydrogens is 276 g/mol. The molecule has 2 heterocycles. The lowest BCUT2D eigenvalue weighted by molar-refractivity contribution is 0.0188. The number of carbonyl (C=O) groups is 1. The highest BCUT2D eigenvalue weighted by Crippen LogP contribution is 2.20. The number of aromatic nitrogens is 2. The molecule has 0 radical (unpaired) electrons. The summed E-state index contributed by atoms with van der Waals surface area (Å²) >= 11 is 1.37. The van der Waals surface area contributed by atoms with Gasteiger partial charge in [-0.3, -0.25) is 0 Å². The number of amides is 1. The molecule has 0 unspecified atom stereocenters. The molecule has 1 aromatic rings. The van der Waals surface area contributed by atoms with Crippen molar-refractivity contribution in [1.29, 1.82) is 0 Å². The summed E-state index contributed by atoms with van der Waals surface area (Å²) in [5.41, 5.74) is -0.422. The highest BCUT2D eigenvalue weighted by Gasteiger charge is 2.26. The van der Waals surface area contributed by atoms with Crippen LogP contribution in [0.2, 0.25) is 0 Å². The van der Waals surface area contributed by atoms with Gasteiger partial charge in [-0.1, -0.05) is 4.49 Å². The fraction of sp³-hybridized carbons (Fsp3) is 0.769. The van der Waals surface area contributed by atoms with Crippen LogP contribution >= 0.6 is 11.5 Å². The van der Waals surface area contributed by atoms with Crippen molar-refractivity contribution in [2.45, 2.75) is 39.2 Å². The Balaban J connectivity index is 1.71. The molecule has 1 fully saturated rings. The maximum absolute atomic E-state index is 11.9. The summed E-state index contributed by atoms with van der Waals surface area (Å²) in [7, 11) is 0. The monoisotopic (exact) mass is 298 g/mol. The Bertz CT molecular complexity index is 422. The molecule has 7 heteroatoms. The van der Waals surface area contributed by atoms with E-state index in [1.165, 1.54) is 11.5 Å². The molecule has 1 amide bonds. The number of nitrogens with zero attached hydrogens (tertiary/aromatic N) is 3. The van der Waals surface area contributed by atoms with Gasteiger partial charge in [0.05, 0.1) is 6.20 Å². The lowest BCUT2D eigenvalue weighted by Crippen LogP contribution is -2.42. The zero-order valence-electron chi connectivity index (χ0n) is 12.3. The van der Waals surface area contributed by atoms with Crippen LogP contribution in [0.25, 0.3) is 0 Å². The lowest BCUT2D eigenvalue weighted by Gasteiger charge is -2.33. The number of ether oxygens (including phenoxy) is 1. The van der Waals surface area contributed by atoms with Crippen LogP contribution in [-0.4, -0.2) is 45.8 Å². The second kappa shape index (κ2) is 6.39. The normalized spacial score (nSPS) is 17.1. The molecule has 0 bridgehead atoms. The van der Waals surface area contributed by atoms with Gasteiger partial charge >= 0.3 is 6.09 Å². The van der Waals surface area contributed by atoms with Crippen molar-refractivity contribution >= 4 is 22.6 Å². The third-order valence-electron chi connectivity index (χ3n) is 3.19. The predicted octanol–water partition coefficient (Wildman–Crippen LogP) is 2.60. The summed E-state index contributed by atoms with van der Waals surface area (Å²) in [4.78, 5) is 13.7. The van der Waals surface area contributed by atoms with Crippen LogP contribution in [0.15, 0.2) is 6.20 Å². The number of anilines is 1. The molecule has 1 aliphatic rings. The fourth-order valence-electron chi connectivity index (χ4n) is 2.14. The fourth-order valence-corrected chi connectivity index (χ4v) is 2.56. The zero-order valence-corrected chi connectivity index (χ0v) is 13.1. The Hall–Kier alpha value is -1.37. The van der Waals surface area contributed by atoms with Gasteiger partial charge in [0.15, 0.2) is 0 Å². The van der Waals surface area contributed by atoms with Crippen LogP contribution in [0.5, 0.6) is 0 Å². The van der Waals surface area contributed by atoms with Crippen molar-refractivity contribution in [3.05, 3.63) is 6.20 Å². The minimum atomic E-state index is -0.422. The van der Waals surface area contributed by atoms with Gasteiger partial charge in [-0.15, -0.1) is 5.10 Å². The average Bonchev–Trinajstić information content (AvgIpc) is 2.88. The van der Waals surface area contributed by atoms with E-state index in [4.69, 9.17) is 4.74 Å². The van der Waals surface area contributed by atoms with Crippen LogP contribution in [0.4, 0.5) is 9.80 Å². The molecule has 112 valence electrons. The molecule has 0 aliphatic carbocycles. The van der Waals surface area contributed by atoms with E-state index in [9.17, 15) is 4.79 Å². The first kappa shape index (κ1) is 15.0. The number of hydrogen-bond donors (Lipinski definition) is 1. The molecule has 6 nitrogen and oxygen atoms in total. The molecule has 20 heavy (non-hydrogen) atoms. The van der Waals surface area contributed by atoms with Crippen molar-refractivity contribution < 1.29 is 9.53 Å². The highest BCUT2D eigenvalue weighted by molar-refractivity contribution is 7.09. The average molecular weight is 298 g/mol. The number of likely N-dealkylation sites (tertiary alicyclic amines) is 1. The minimum absolute atomic E-state index is 0.199. The predicted molar refractivity (Wildman–Crippen MR) is 78.9 cm³/mol. The van der Waals surface area contributed by atoms with E-state index in [1.807, 2.05) is 20.8 Å². The molecule has 2 rings (SSSR count). The summed E-state index contributed by atoms with van der Waals surface area (Å²) in [6, 6.07) is 0. The quantitative estimate of drug-likeness (QED) is 0.929. The molecule has 1 aliphatic heterocycles. The van der Waals surface area contributed by atoms with Crippen LogP contribution in [0, 0.1) is 5.92 Å². The van der Waals surface area contributed by atoms with Gasteiger partial charge < -0.3 is 15.0 Å². The second-order valence-corrected chi connectivity index (χ2v) is 6.86. The Morgan fingerprint density at radius 2 is 2.20 bits per heavy atom. The summed E-state index contributed by atoms with van der Waals surface area (Å²) in [5, 5.41) is 8.13. The van der Waals surface area contributed by atoms with E-state index >= 15 is 0 Å². The van der Waals surface area contributed by atoms with Gasteiger partial charge in [0.1, 0.15) is 10.6 Å². The number of nitrogens with one attached hydrogen (secondary N) is 1. The smallest absolute Gasteiger partial charge is 0.410 e. The van der Waals surface area contributed by atoms with Gasteiger partial charge in [-0.25, -0.2) is 4.79 Å². The van der Waals surface area contributed by atoms with Gasteiger partial charge in [0, 0.05) is 31.2 Å². The summed E-state index contributed by atoms with van der Waals surface area (Å²) in [6.07, 6.45) is 3.54. The molecular formula is C13H22N4O2S. The molecule has 0 atom stereocenters. The topological polar surface area (TPSA) is 67.3 Å². The van der Waals surface area contributed by atoms with E-state index in [1.54, 1.807) is 11.1 Å². The van der Waals surface area contributed by atoms with E-state index in [2.05, 4.69) is 14.9 Å². The summed E-state index contributed by atoms with van der Waals surface area (Å²) in [5.74, 6) is 0.579. The maximum atomic E-state index is 11.9. The Morgan fingerprint density at radius 1 is 1.50 bits per heavy atom. The third kappa shape index (κ3) is 4.63. The van der Waals surface area contributed by atoms with Crippen LogP contribution < -0.4 is 5.32 Å². The van der Waals surface area contributed by atoms with Crippen LogP contribution in [-0.2, 0) is 4.74 Å². The van der Waals surface area contributed by atoms with E-state index < -0.39 is 5.60 Å². The van der Waals surface area contributed by atoms with Crippen molar-refractivity contribution in [1.82, 2.24) is 14.5 Å². The molecule has 0 aromatic carbocycles. The number of carbonyl (C=O) groups excluding carboxylic acids is 1. The van der Waals surface area contributed by atoms with E-state index in [-0.39, 0.29) is 6.09 Å². The zero-order chi connectivity index (χ0) is 14.6. The molecule has 0 spiro atoms. The standard InChI is InChI=1S/C13H22N4O2S/c1-13(2,3)19-12(18)17-6-4-10(5-7-17)8-14-11-9-15-16-20-11/h9-10,14H,4-8H2,1-3H3. The summed E-state index contributed by atoms with van der Waals surface area (Å²) < 4.78 is 9.20. The van der Waals surface area contributed by atoms with Gasteiger partial charge in [0.25, 0.3) is 0 Å². The van der Waals surface area contributed by atoms with Crippen molar-refractivity contribution in [2.24, 2.45) is 5.92 Å². The molecule has 1 aromatic heterocycles. The minimum Gasteiger partial charge on any atom is -0.444 e. The number of rotatable bonds is 3. The number of piperidine rings is 1. The van der Waals surface area contributed by atoms with Crippen molar-refractivity contribution in [2.75, 3.05) is 25.0 Å². The number of hydrogen-bond acceptors (Lipinski definition) is 6. The van der Waals surface area contributed by atoms with E-state index in [0.717, 1.165) is 37.5 Å². The third-order valence-corrected chi connectivity index (χ3v) is 3.81. The molecule has 1 saturated heterocycles. The van der Waals surface area contributed by atoms with Gasteiger partial charge in [-0.05, 0) is 39.5 Å². The van der Waals surface area contributed by atoms with Gasteiger partial charge in [0.2, 0.25) is 0 Å². The first-order valence-electron chi connectivity index (χ1n) is 6.93. The first-order valence-corrected chi connectivity index (χ1v) is 7.70. The first-order chi connectivity index (χ1) is 9.44.